The number of rotatable bonds is 8. The molecule has 2 N–H and O–H groups in total. The Morgan fingerprint density at radius 2 is 1.90 bits per heavy atom. The second-order valence-electron chi connectivity index (χ2n) is 4.49. The van der Waals surface area contributed by atoms with Crippen LogP contribution in [0, 0.1) is 0 Å². The number of amides is 1. The minimum Gasteiger partial charge on any atom is -0.480 e. The summed E-state index contributed by atoms with van der Waals surface area (Å²) in [6, 6.07) is 6.49. The highest BCUT2D eigenvalue weighted by Gasteiger charge is 2.19. The maximum absolute atomic E-state index is 12.0. The van der Waals surface area contributed by atoms with Crippen LogP contribution in [-0.4, -0.2) is 28.8 Å². The number of carboxylic acid groups (broad SMARTS) is 1. The van der Waals surface area contributed by atoms with Crippen LogP contribution in [0.25, 0.3) is 0 Å². The summed E-state index contributed by atoms with van der Waals surface area (Å²) in [5.74, 6) is 0.655. The minimum atomic E-state index is -0.990. The Hall–Kier alpha value is -1.49. The van der Waals surface area contributed by atoms with Crippen molar-refractivity contribution >= 4 is 23.6 Å². The fourth-order valence-electron chi connectivity index (χ4n) is 1.76. The number of carboxylic acids is 1. The Morgan fingerprint density at radius 1 is 1.25 bits per heavy atom. The predicted molar refractivity (Wildman–Crippen MR) is 82.1 cm³/mol. The molecule has 0 aromatic heterocycles. The molecule has 5 heteroatoms. The molecule has 4 nitrogen and oxygen atoms in total. The molecule has 0 aliphatic heterocycles. The van der Waals surface area contributed by atoms with Gasteiger partial charge in [0.15, 0.2) is 0 Å². The van der Waals surface area contributed by atoms with Crippen molar-refractivity contribution in [3.05, 3.63) is 35.4 Å². The Morgan fingerprint density at radius 3 is 2.40 bits per heavy atom. The highest BCUT2D eigenvalue weighted by Crippen LogP contribution is 2.13. The van der Waals surface area contributed by atoms with Crippen LogP contribution < -0.4 is 5.32 Å². The van der Waals surface area contributed by atoms with Gasteiger partial charge in [0.1, 0.15) is 6.04 Å². The first-order valence-corrected chi connectivity index (χ1v) is 7.94. The zero-order chi connectivity index (χ0) is 15.0. The van der Waals surface area contributed by atoms with Crippen LogP contribution >= 0.6 is 11.8 Å². The van der Waals surface area contributed by atoms with Crippen molar-refractivity contribution in [3.8, 4) is 0 Å². The van der Waals surface area contributed by atoms with Gasteiger partial charge in [-0.05, 0) is 29.9 Å². The molecule has 1 aromatic carbocycles. The molecule has 0 saturated carbocycles. The number of hydrogen-bond acceptors (Lipinski definition) is 3. The average Bonchev–Trinajstić information content (AvgIpc) is 2.45. The van der Waals surface area contributed by atoms with E-state index in [0.29, 0.717) is 18.4 Å². The number of nitrogens with one attached hydrogen (secondary N) is 1. The van der Waals surface area contributed by atoms with Gasteiger partial charge < -0.3 is 10.4 Å². The van der Waals surface area contributed by atoms with Crippen LogP contribution in [0.1, 0.15) is 42.6 Å². The van der Waals surface area contributed by atoms with Gasteiger partial charge in [-0.25, -0.2) is 4.79 Å². The zero-order valence-corrected chi connectivity index (χ0v) is 12.7. The summed E-state index contributed by atoms with van der Waals surface area (Å²) < 4.78 is 0. The average molecular weight is 295 g/mol. The predicted octanol–water partition coefficient (Wildman–Crippen LogP) is 2.92. The lowest BCUT2D eigenvalue weighted by Gasteiger charge is -2.13. The van der Waals surface area contributed by atoms with E-state index in [1.54, 1.807) is 12.1 Å². The van der Waals surface area contributed by atoms with E-state index in [4.69, 9.17) is 5.11 Å². The minimum absolute atomic E-state index is 0.333. The van der Waals surface area contributed by atoms with Gasteiger partial charge in [0.2, 0.25) is 0 Å². The molecule has 0 fully saturated rings. The van der Waals surface area contributed by atoms with Crippen molar-refractivity contribution in [1.29, 1.82) is 0 Å². The molecule has 0 saturated heterocycles. The number of benzene rings is 1. The van der Waals surface area contributed by atoms with Crippen LogP contribution in [0.15, 0.2) is 24.3 Å². The van der Waals surface area contributed by atoms with Gasteiger partial charge in [-0.1, -0.05) is 32.4 Å². The highest BCUT2D eigenvalue weighted by molar-refractivity contribution is 7.98. The summed E-state index contributed by atoms with van der Waals surface area (Å²) >= 11 is 1.82. The van der Waals surface area contributed by atoms with E-state index in [9.17, 15) is 9.59 Å². The Balaban J connectivity index is 2.64. The third-order valence-corrected chi connectivity index (χ3v) is 3.82. The van der Waals surface area contributed by atoms with E-state index in [-0.39, 0.29) is 5.91 Å². The van der Waals surface area contributed by atoms with E-state index in [0.717, 1.165) is 17.1 Å². The molecular weight excluding hydrogens is 274 g/mol. The van der Waals surface area contributed by atoms with Crippen LogP contribution in [0.3, 0.4) is 0 Å². The van der Waals surface area contributed by atoms with Gasteiger partial charge in [0.05, 0.1) is 0 Å². The van der Waals surface area contributed by atoms with Crippen molar-refractivity contribution in [2.45, 2.75) is 38.5 Å². The molecule has 110 valence electrons. The van der Waals surface area contributed by atoms with Gasteiger partial charge in [-0.3, -0.25) is 4.79 Å². The molecule has 1 unspecified atom stereocenters. The lowest BCUT2D eigenvalue weighted by Crippen LogP contribution is -2.40. The number of carbonyl (C=O) groups excluding carboxylic acids is 1. The second kappa shape index (κ2) is 8.64. The maximum Gasteiger partial charge on any atom is 0.326 e. The van der Waals surface area contributed by atoms with Crippen molar-refractivity contribution < 1.29 is 14.7 Å². The van der Waals surface area contributed by atoms with Crippen molar-refractivity contribution in [3.63, 3.8) is 0 Å². The summed E-state index contributed by atoms with van der Waals surface area (Å²) in [6.07, 6.45) is 1.15. The molecule has 1 aromatic rings. The third-order valence-electron chi connectivity index (χ3n) is 2.87. The molecule has 0 aliphatic rings. The Bertz CT molecular complexity index is 445. The monoisotopic (exact) mass is 295 g/mol. The fraction of sp³-hybridized carbons (Fsp3) is 0.467. The van der Waals surface area contributed by atoms with E-state index in [1.807, 2.05) is 30.8 Å². The molecule has 1 atom stereocenters. The Kier molecular flexibility index (Phi) is 7.15. The fourth-order valence-corrected chi connectivity index (χ4v) is 2.39. The second-order valence-corrected chi connectivity index (χ2v) is 5.76. The van der Waals surface area contributed by atoms with Crippen LogP contribution in [0.2, 0.25) is 0 Å². The maximum atomic E-state index is 12.0. The number of aliphatic carboxylic acids is 1. The van der Waals surface area contributed by atoms with Crippen LogP contribution in [0.4, 0.5) is 0 Å². The van der Waals surface area contributed by atoms with E-state index >= 15 is 0 Å². The first-order valence-electron chi connectivity index (χ1n) is 6.78. The first-order chi connectivity index (χ1) is 9.58. The largest absolute Gasteiger partial charge is 0.480 e. The summed E-state index contributed by atoms with van der Waals surface area (Å²) in [6.45, 7) is 3.99. The quantitative estimate of drug-likeness (QED) is 0.774. The zero-order valence-electron chi connectivity index (χ0n) is 11.9. The van der Waals surface area contributed by atoms with Crippen LogP contribution in [-0.2, 0) is 10.5 Å². The first kappa shape index (κ1) is 16.6. The molecule has 20 heavy (non-hydrogen) atoms. The van der Waals surface area contributed by atoms with Gasteiger partial charge in [-0.2, -0.15) is 11.8 Å². The molecule has 1 amide bonds. The SMILES string of the molecule is CCCC(NC(=O)c1ccc(CSCC)cc1)C(=O)O. The van der Waals surface area contributed by atoms with Gasteiger partial charge in [0.25, 0.3) is 5.91 Å². The van der Waals surface area contributed by atoms with Crippen molar-refractivity contribution in [1.82, 2.24) is 5.32 Å². The third kappa shape index (κ3) is 5.25. The van der Waals surface area contributed by atoms with Crippen molar-refractivity contribution in [2.24, 2.45) is 0 Å². The Labute approximate surface area is 124 Å². The highest BCUT2D eigenvalue weighted by atomic mass is 32.2. The normalized spacial score (nSPS) is 11.9. The molecule has 0 bridgehead atoms. The lowest BCUT2D eigenvalue weighted by atomic mass is 10.1. The molecule has 1 rings (SSSR count). The molecule has 0 radical (unpaired) electrons. The molecule has 0 heterocycles. The van der Waals surface area contributed by atoms with Crippen LogP contribution in [0.5, 0.6) is 0 Å². The van der Waals surface area contributed by atoms with Gasteiger partial charge in [0, 0.05) is 11.3 Å². The van der Waals surface area contributed by atoms with E-state index in [2.05, 4.69) is 12.2 Å². The van der Waals surface area contributed by atoms with Gasteiger partial charge in [-0.15, -0.1) is 0 Å². The van der Waals surface area contributed by atoms with Gasteiger partial charge >= 0.3 is 5.97 Å². The summed E-state index contributed by atoms with van der Waals surface area (Å²) in [7, 11) is 0. The summed E-state index contributed by atoms with van der Waals surface area (Å²) in [5, 5.41) is 11.6. The molecular formula is C15H21NO3S. The topological polar surface area (TPSA) is 66.4 Å². The summed E-state index contributed by atoms with van der Waals surface area (Å²) in [4.78, 5) is 23.0. The smallest absolute Gasteiger partial charge is 0.326 e. The summed E-state index contributed by atoms with van der Waals surface area (Å²) in [5.41, 5.74) is 1.66. The van der Waals surface area contributed by atoms with E-state index in [1.165, 1.54) is 0 Å². The van der Waals surface area contributed by atoms with Crippen molar-refractivity contribution in [2.75, 3.05) is 5.75 Å². The standard InChI is InChI=1S/C15H21NO3S/c1-3-5-13(15(18)19)16-14(17)12-8-6-11(7-9-12)10-20-4-2/h6-9,13H,3-5,10H2,1-2H3,(H,16,17)(H,18,19). The number of thioether (sulfide) groups is 1. The number of hydrogen-bond donors (Lipinski definition) is 2. The number of carbonyl (C=O) groups is 2. The van der Waals surface area contributed by atoms with E-state index < -0.39 is 12.0 Å². The molecule has 0 aliphatic carbocycles. The lowest BCUT2D eigenvalue weighted by molar-refractivity contribution is -0.139. The molecule has 0 spiro atoms.